The zero-order valence-electron chi connectivity index (χ0n) is 14.2. The van der Waals surface area contributed by atoms with Crippen LogP contribution in [0.4, 0.5) is 5.13 Å². The molecule has 1 aliphatic rings. The van der Waals surface area contributed by atoms with Gasteiger partial charge in [-0.15, -0.1) is 10.2 Å². The van der Waals surface area contributed by atoms with E-state index in [1.165, 1.54) is 11.3 Å². The predicted octanol–water partition coefficient (Wildman–Crippen LogP) is 1.91. The van der Waals surface area contributed by atoms with Crippen LogP contribution in [0.5, 0.6) is 0 Å². The molecule has 0 saturated carbocycles. The maximum atomic E-state index is 12.4. The van der Waals surface area contributed by atoms with Crippen molar-refractivity contribution in [3.05, 3.63) is 40.4 Å². The molecule has 26 heavy (non-hydrogen) atoms. The second kappa shape index (κ2) is 9.07. The fourth-order valence-electron chi connectivity index (χ4n) is 2.85. The number of carbonyl (C=O) groups is 2. The number of carbonyl (C=O) groups excluding carboxylic acids is 2. The van der Waals surface area contributed by atoms with E-state index in [4.69, 9.17) is 11.6 Å². The van der Waals surface area contributed by atoms with E-state index in [0.29, 0.717) is 55.7 Å². The third-order valence-corrected chi connectivity index (χ3v) is 5.06. The van der Waals surface area contributed by atoms with E-state index in [-0.39, 0.29) is 11.8 Å². The van der Waals surface area contributed by atoms with E-state index in [9.17, 15) is 9.59 Å². The van der Waals surface area contributed by atoms with Crippen LogP contribution in [-0.4, -0.2) is 64.5 Å². The molecule has 1 aliphatic heterocycles. The van der Waals surface area contributed by atoms with E-state index in [1.54, 1.807) is 5.51 Å². The lowest BCUT2D eigenvalue weighted by atomic mass is 10.1. The number of anilines is 1. The molecule has 3 rings (SSSR count). The SMILES string of the molecule is O=C(CN1CCN(C(=O)CCc2cccc(Cl)c2)CC1)Nc1nncs1. The molecular formula is C17H20ClN5O2S. The van der Waals surface area contributed by atoms with Crippen LogP contribution in [0.1, 0.15) is 12.0 Å². The minimum Gasteiger partial charge on any atom is -0.340 e. The standard InChI is InChI=1S/C17H20ClN5O2S/c18-14-3-1-2-13(10-14)4-5-16(25)23-8-6-22(7-9-23)11-15(24)20-17-21-19-12-26-17/h1-3,10,12H,4-9,11H2,(H,20,21,24). The van der Waals surface area contributed by atoms with Crippen LogP contribution in [0.3, 0.4) is 0 Å². The number of benzene rings is 1. The van der Waals surface area contributed by atoms with Gasteiger partial charge in [0, 0.05) is 37.6 Å². The zero-order valence-corrected chi connectivity index (χ0v) is 15.8. The van der Waals surface area contributed by atoms with Crippen LogP contribution in [0.25, 0.3) is 0 Å². The number of halogens is 1. The molecular weight excluding hydrogens is 374 g/mol. The molecule has 0 radical (unpaired) electrons. The Balaban J connectivity index is 1.38. The summed E-state index contributed by atoms with van der Waals surface area (Å²) in [7, 11) is 0. The second-order valence-electron chi connectivity index (χ2n) is 6.08. The highest BCUT2D eigenvalue weighted by molar-refractivity contribution is 7.13. The van der Waals surface area contributed by atoms with Crippen LogP contribution in [0.15, 0.2) is 29.8 Å². The summed E-state index contributed by atoms with van der Waals surface area (Å²) in [5.41, 5.74) is 2.64. The van der Waals surface area contributed by atoms with Crippen molar-refractivity contribution < 1.29 is 9.59 Å². The van der Waals surface area contributed by atoms with Gasteiger partial charge in [0.15, 0.2) is 0 Å². The van der Waals surface area contributed by atoms with Gasteiger partial charge >= 0.3 is 0 Å². The molecule has 1 fully saturated rings. The molecule has 2 heterocycles. The number of hydrogen-bond donors (Lipinski definition) is 1. The highest BCUT2D eigenvalue weighted by atomic mass is 35.5. The van der Waals surface area contributed by atoms with Crippen LogP contribution in [0, 0.1) is 0 Å². The maximum absolute atomic E-state index is 12.4. The van der Waals surface area contributed by atoms with Crippen molar-refractivity contribution in [2.45, 2.75) is 12.8 Å². The number of nitrogens with zero attached hydrogens (tertiary/aromatic N) is 4. The van der Waals surface area contributed by atoms with Crippen LogP contribution in [0.2, 0.25) is 5.02 Å². The Morgan fingerprint density at radius 3 is 2.73 bits per heavy atom. The minimum absolute atomic E-state index is 0.109. The number of hydrogen-bond acceptors (Lipinski definition) is 6. The van der Waals surface area contributed by atoms with Crippen LogP contribution in [-0.2, 0) is 16.0 Å². The first-order chi connectivity index (χ1) is 12.6. The van der Waals surface area contributed by atoms with Crippen molar-refractivity contribution in [3.63, 3.8) is 0 Å². The Hall–Kier alpha value is -2.03. The Morgan fingerprint density at radius 1 is 1.23 bits per heavy atom. The fourth-order valence-corrected chi connectivity index (χ4v) is 3.52. The van der Waals surface area contributed by atoms with Gasteiger partial charge in [0.05, 0.1) is 6.54 Å². The highest BCUT2D eigenvalue weighted by Gasteiger charge is 2.22. The number of piperazine rings is 1. The molecule has 0 bridgehead atoms. The lowest BCUT2D eigenvalue weighted by molar-refractivity contribution is -0.133. The third kappa shape index (κ3) is 5.48. The molecule has 1 aromatic heterocycles. The Morgan fingerprint density at radius 2 is 2.04 bits per heavy atom. The van der Waals surface area contributed by atoms with Gasteiger partial charge < -0.3 is 4.90 Å². The van der Waals surface area contributed by atoms with Crippen molar-refractivity contribution in [2.24, 2.45) is 0 Å². The second-order valence-corrected chi connectivity index (χ2v) is 7.35. The molecule has 0 atom stereocenters. The maximum Gasteiger partial charge on any atom is 0.240 e. The summed E-state index contributed by atoms with van der Waals surface area (Å²) < 4.78 is 0. The summed E-state index contributed by atoms with van der Waals surface area (Å²) in [6.45, 7) is 2.95. The summed E-state index contributed by atoms with van der Waals surface area (Å²) in [6, 6.07) is 7.60. The van der Waals surface area contributed by atoms with Gasteiger partial charge in [-0.05, 0) is 24.1 Å². The number of aromatic nitrogens is 2. The lowest BCUT2D eigenvalue weighted by Gasteiger charge is -2.34. The summed E-state index contributed by atoms with van der Waals surface area (Å²) in [5.74, 6) is 0.0328. The van der Waals surface area contributed by atoms with Gasteiger partial charge in [-0.2, -0.15) is 0 Å². The first-order valence-electron chi connectivity index (χ1n) is 8.41. The van der Waals surface area contributed by atoms with Crippen molar-refractivity contribution in [1.82, 2.24) is 20.0 Å². The predicted molar refractivity (Wildman–Crippen MR) is 101 cm³/mol. The van der Waals surface area contributed by atoms with Crippen molar-refractivity contribution in [1.29, 1.82) is 0 Å². The Labute approximate surface area is 161 Å². The number of rotatable bonds is 6. The largest absolute Gasteiger partial charge is 0.340 e. The van der Waals surface area contributed by atoms with E-state index >= 15 is 0 Å². The zero-order chi connectivity index (χ0) is 18.4. The van der Waals surface area contributed by atoms with Gasteiger partial charge in [0.25, 0.3) is 0 Å². The normalized spacial score (nSPS) is 15.0. The van der Waals surface area contributed by atoms with Crippen LogP contribution >= 0.6 is 22.9 Å². The van der Waals surface area contributed by atoms with E-state index in [0.717, 1.165) is 5.56 Å². The molecule has 1 N–H and O–H groups in total. The van der Waals surface area contributed by atoms with Gasteiger partial charge in [-0.3, -0.25) is 19.8 Å². The Kier molecular flexibility index (Phi) is 6.54. The molecule has 7 nitrogen and oxygen atoms in total. The van der Waals surface area contributed by atoms with E-state index in [1.807, 2.05) is 34.1 Å². The van der Waals surface area contributed by atoms with Crippen molar-refractivity contribution in [2.75, 3.05) is 38.0 Å². The Bertz CT molecular complexity index is 747. The van der Waals surface area contributed by atoms with Crippen molar-refractivity contribution >= 4 is 39.9 Å². The highest BCUT2D eigenvalue weighted by Crippen LogP contribution is 2.13. The molecule has 1 aromatic carbocycles. The number of aryl methyl sites for hydroxylation is 1. The van der Waals surface area contributed by atoms with E-state index in [2.05, 4.69) is 15.5 Å². The number of nitrogens with one attached hydrogen (secondary N) is 1. The average molecular weight is 394 g/mol. The van der Waals surface area contributed by atoms with Gasteiger partial charge in [-0.25, -0.2) is 0 Å². The minimum atomic E-state index is -0.109. The first kappa shape index (κ1) is 18.8. The molecule has 1 saturated heterocycles. The van der Waals surface area contributed by atoms with Gasteiger partial charge in [-0.1, -0.05) is 35.1 Å². The number of amides is 2. The fraction of sp³-hybridized carbons (Fsp3) is 0.412. The van der Waals surface area contributed by atoms with Gasteiger partial charge in [0.1, 0.15) is 5.51 Å². The molecule has 2 aromatic rings. The summed E-state index contributed by atoms with van der Waals surface area (Å²) in [5, 5.41) is 11.4. The molecule has 0 aliphatic carbocycles. The van der Waals surface area contributed by atoms with E-state index < -0.39 is 0 Å². The van der Waals surface area contributed by atoms with Crippen molar-refractivity contribution in [3.8, 4) is 0 Å². The smallest absolute Gasteiger partial charge is 0.240 e. The summed E-state index contributed by atoms with van der Waals surface area (Å²) in [4.78, 5) is 28.3. The average Bonchev–Trinajstić information content (AvgIpc) is 3.13. The third-order valence-electron chi connectivity index (χ3n) is 4.22. The lowest BCUT2D eigenvalue weighted by Crippen LogP contribution is -2.50. The van der Waals surface area contributed by atoms with Crippen LogP contribution < -0.4 is 5.32 Å². The first-order valence-corrected chi connectivity index (χ1v) is 9.66. The summed E-state index contributed by atoms with van der Waals surface area (Å²) >= 11 is 7.26. The molecule has 2 amide bonds. The monoisotopic (exact) mass is 393 g/mol. The molecule has 9 heteroatoms. The van der Waals surface area contributed by atoms with Gasteiger partial charge in [0.2, 0.25) is 16.9 Å². The molecule has 0 unspecified atom stereocenters. The summed E-state index contributed by atoms with van der Waals surface area (Å²) in [6.07, 6.45) is 1.15. The topological polar surface area (TPSA) is 78.4 Å². The quantitative estimate of drug-likeness (QED) is 0.811. The molecule has 138 valence electrons. The molecule has 0 spiro atoms.